The van der Waals surface area contributed by atoms with Gasteiger partial charge in [-0.05, 0) is 64.2 Å². The Labute approximate surface area is 190 Å². The average Bonchev–Trinajstić information content (AvgIpc) is 3.12. The number of para-hydroxylation sites is 1. The molecule has 1 aliphatic carbocycles. The molecule has 1 atom stereocenters. The summed E-state index contributed by atoms with van der Waals surface area (Å²) in [6.07, 6.45) is 3.78. The lowest BCUT2D eigenvalue weighted by Crippen LogP contribution is -2.54. The highest BCUT2D eigenvalue weighted by Crippen LogP contribution is 2.46. The van der Waals surface area contributed by atoms with E-state index in [2.05, 4.69) is 5.32 Å². The van der Waals surface area contributed by atoms with Gasteiger partial charge in [-0.3, -0.25) is 9.59 Å². The Balaban J connectivity index is 1.69. The van der Waals surface area contributed by atoms with E-state index in [1.54, 1.807) is 18.7 Å². The number of benzene rings is 1. The molecule has 8 heteroatoms. The molecule has 0 spiro atoms. The molecular formula is C23H26N2O4S2. The molecule has 2 aromatic rings. The average molecular weight is 459 g/mol. The highest BCUT2D eigenvalue weighted by molar-refractivity contribution is 8.02. The number of rotatable bonds is 5. The number of thiophene rings is 1. The summed E-state index contributed by atoms with van der Waals surface area (Å²) in [5, 5.41) is 3.43. The SMILES string of the molecule is CCOC(=O)c1c(NC(=O)C2(C)Sc3ccccc3N(CC)C2=O)sc2c1CCCC2. The van der Waals surface area contributed by atoms with Crippen LogP contribution in [0.1, 0.15) is 54.4 Å². The molecule has 164 valence electrons. The van der Waals surface area contributed by atoms with Gasteiger partial charge in [-0.1, -0.05) is 23.9 Å². The van der Waals surface area contributed by atoms with Crippen molar-refractivity contribution >= 4 is 51.6 Å². The number of aryl methyl sites for hydroxylation is 1. The molecule has 2 heterocycles. The third kappa shape index (κ3) is 3.76. The van der Waals surface area contributed by atoms with Gasteiger partial charge in [0, 0.05) is 16.3 Å². The van der Waals surface area contributed by atoms with Crippen molar-refractivity contribution in [2.45, 2.75) is 56.1 Å². The van der Waals surface area contributed by atoms with E-state index in [9.17, 15) is 14.4 Å². The Morgan fingerprint density at radius 3 is 2.68 bits per heavy atom. The third-order valence-corrected chi connectivity index (χ3v) is 8.29. The lowest BCUT2D eigenvalue weighted by atomic mass is 9.95. The largest absolute Gasteiger partial charge is 0.462 e. The van der Waals surface area contributed by atoms with E-state index in [0.717, 1.165) is 46.7 Å². The fourth-order valence-corrected chi connectivity index (χ4v) is 6.63. The normalized spacial score (nSPS) is 20.1. The van der Waals surface area contributed by atoms with Crippen LogP contribution in [0.5, 0.6) is 0 Å². The first-order valence-electron chi connectivity index (χ1n) is 10.6. The smallest absolute Gasteiger partial charge is 0.341 e. The fourth-order valence-electron chi connectivity index (χ4n) is 4.15. The molecule has 1 aromatic heterocycles. The van der Waals surface area contributed by atoms with Crippen molar-refractivity contribution in [2.75, 3.05) is 23.4 Å². The summed E-state index contributed by atoms with van der Waals surface area (Å²) in [6.45, 7) is 6.07. The molecule has 1 aromatic carbocycles. The predicted molar refractivity (Wildman–Crippen MR) is 124 cm³/mol. The molecule has 1 N–H and O–H groups in total. The van der Waals surface area contributed by atoms with Gasteiger partial charge in [0.1, 0.15) is 5.00 Å². The topological polar surface area (TPSA) is 75.7 Å². The first kappa shape index (κ1) is 21.9. The molecule has 0 bridgehead atoms. The Morgan fingerprint density at radius 1 is 1.19 bits per heavy atom. The number of nitrogens with one attached hydrogen (secondary N) is 1. The molecular weight excluding hydrogens is 432 g/mol. The Kier molecular flexibility index (Phi) is 6.12. The number of fused-ring (bicyclic) bond motifs is 2. The van der Waals surface area contributed by atoms with Crippen LogP contribution in [0.25, 0.3) is 0 Å². The number of nitrogens with zero attached hydrogens (tertiary/aromatic N) is 1. The second-order valence-corrected chi connectivity index (χ2v) is 10.3. The zero-order valence-corrected chi connectivity index (χ0v) is 19.6. The minimum Gasteiger partial charge on any atom is -0.462 e. The van der Waals surface area contributed by atoms with Gasteiger partial charge in [-0.15, -0.1) is 11.3 Å². The number of hydrogen-bond acceptors (Lipinski definition) is 6. The van der Waals surface area contributed by atoms with Crippen molar-refractivity contribution in [3.05, 3.63) is 40.3 Å². The second kappa shape index (κ2) is 8.67. The number of carbonyl (C=O) groups excluding carboxylic acids is 3. The van der Waals surface area contributed by atoms with Crippen LogP contribution in [0.2, 0.25) is 0 Å². The number of hydrogen-bond donors (Lipinski definition) is 1. The van der Waals surface area contributed by atoms with Crippen molar-refractivity contribution < 1.29 is 19.1 Å². The van der Waals surface area contributed by atoms with Crippen LogP contribution in [0.15, 0.2) is 29.2 Å². The zero-order chi connectivity index (χ0) is 22.2. The lowest BCUT2D eigenvalue weighted by Gasteiger charge is -2.38. The van der Waals surface area contributed by atoms with E-state index < -0.39 is 16.6 Å². The molecule has 0 fully saturated rings. The van der Waals surface area contributed by atoms with Crippen molar-refractivity contribution in [2.24, 2.45) is 0 Å². The first-order valence-corrected chi connectivity index (χ1v) is 12.3. The second-order valence-electron chi connectivity index (χ2n) is 7.74. The van der Waals surface area contributed by atoms with Crippen molar-refractivity contribution in [1.82, 2.24) is 0 Å². The Bertz CT molecular complexity index is 1050. The van der Waals surface area contributed by atoms with E-state index in [1.807, 2.05) is 31.2 Å². The molecule has 2 aliphatic rings. The highest BCUT2D eigenvalue weighted by atomic mass is 32.2. The van der Waals surface area contributed by atoms with Gasteiger partial charge in [-0.2, -0.15) is 0 Å². The van der Waals surface area contributed by atoms with Gasteiger partial charge in [0.15, 0.2) is 4.75 Å². The lowest BCUT2D eigenvalue weighted by molar-refractivity contribution is -0.128. The molecule has 2 amide bonds. The number of anilines is 2. The number of ether oxygens (including phenoxy) is 1. The minimum absolute atomic E-state index is 0.254. The van der Waals surface area contributed by atoms with Gasteiger partial charge >= 0.3 is 5.97 Å². The van der Waals surface area contributed by atoms with Gasteiger partial charge in [0.05, 0.1) is 17.9 Å². The van der Waals surface area contributed by atoms with Gasteiger partial charge < -0.3 is 15.0 Å². The fraction of sp³-hybridized carbons (Fsp3) is 0.435. The minimum atomic E-state index is -1.33. The standard InChI is InChI=1S/C23H26N2O4S2/c1-4-25-15-11-7-9-13-17(15)31-23(3,22(25)28)21(27)24-19-18(20(26)29-5-2)14-10-6-8-12-16(14)30-19/h7,9,11,13H,4-6,8,10,12H2,1-3H3,(H,24,27). The van der Waals surface area contributed by atoms with Gasteiger partial charge in [0.2, 0.25) is 0 Å². The number of amides is 2. The molecule has 6 nitrogen and oxygen atoms in total. The summed E-state index contributed by atoms with van der Waals surface area (Å²) >= 11 is 2.69. The maximum Gasteiger partial charge on any atom is 0.341 e. The van der Waals surface area contributed by atoms with E-state index in [1.165, 1.54) is 23.1 Å². The first-order chi connectivity index (χ1) is 14.9. The van der Waals surface area contributed by atoms with Crippen LogP contribution >= 0.6 is 23.1 Å². The molecule has 1 aliphatic heterocycles. The summed E-state index contributed by atoms with van der Waals surface area (Å²) < 4.78 is 3.95. The van der Waals surface area contributed by atoms with E-state index in [-0.39, 0.29) is 12.5 Å². The molecule has 0 saturated carbocycles. The zero-order valence-electron chi connectivity index (χ0n) is 17.9. The summed E-state index contributed by atoms with van der Waals surface area (Å²) in [4.78, 5) is 43.2. The maximum absolute atomic E-state index is 13.5. The molecule has 1 unspecified atom stereocenters. The number of esters is 1. The molecule has 0 saturated heterocycles. The van der Waals surface area contributed by atoms with Crippen LogP contribution in [-0.4, -0.2) is 35.7 Å². The Morgan fingerprint density at radius 2 is 1.94 bits per heavy atom. The van der Waals surface area contributed by atoms with Crippen LogP contribution in [-0.2, 0) is 27.2 Å². The van der Waals surface area contributed by atoms with Gasteiger partial charge in [0.25, 0.3) is 11.8 Å². The molecule has 0 radical (unpaired) electrons. The molecule has 4 rings (SSSR count). The van der Waals surface area contributed by atoms with E-state index >= 15 is 0 Å². The van der Waals surface area contributed by atoms with Crippen LogP contribution in [0.4, 0.5) is 10.7 Å². The van der Waals surface area contributed by atoms with Crippen LogP contribution in [0.3, 0.4) is 0 Å². The van der Waals surface area contributed by atoms with Crippen molar-refractivity contribution in [3.8, 4) is 0 Å². The highest BCUT2D eigenvalue weighted by Gasteiger charge is 2.49. The van der Waals surface area contributed by atoms with Crippen molar-refractivity contribution in [1.29, 1.82) is 0 Å². The molecule has 31 heavy (non-hydrogen) atoms. The van der Waals surface area contributed by atoms with Gasteiger partial charge in [-0.25, -0.2) is 4.79 Å². The Hall–Kier alpha value is -2.32. The van der Waals surface area contributed by atoms with Crippen LogP contribution < -0.4 is 10.2 Å². The van der Waals surface area contributed by atoms with Crippen LogP contribution in [0, 0.1) is 0 Å². The quantitative estimate of drug-likeness (QED) is 0.521. The number of carbonyl (C=O) groups is 3. The predicted octanol–water partition coefficient (Wildman–Crippen LogP) is 4.66. The van der Waals surface area contributed by atoms with Crippen molar-refractivity contribution in [3.63, 3.8) is 0 Å². The third-order valence-electron chi connectivity index (χ3n) is 5.75. The maximum atomic E-state index is 13.5. The summed E-state index contributed by atoms with van der Waals surface area (Å²) in [7, 11) is 0. The van der Waals surface area contributed by atoms with E-state index in [4.69, 9.17) is 4.74 Å². The summed E-state index contributed by atoms with van der Waals surface area (Å²) in [5.41, 5.74) is 2.27. The number of thioether (sulfide) groups is 1. The van der Waals surface area contributed by atoms with E-state index in [0.29, 0.717) is 17.1 Å². The monoisotopic (exact) mass is 458 g/mol. The summed E-state index contributed by atoms with van der Waals surface area (Å²) in [6, 6.07) is 7.61. The summed E-state index contributed by atoms with van der Waals surface area (Å²) in [5.74, 6) is -1.08.